The number of carbonyl (C=O) groups is 1. The van der Waals surface area contributed by atoms with Crippen molar-refractivity contribution in [1.82, 2.24) is 9.88 Å². The number of benzene rings is 3. The van der Waals surface area contributed by atoms with Crippen molar-refractivity contribution in [1.29, 1.82) is 0 Å². The van der Waals surface area contributed by atoms with Crippen LogP contribution in [0.15, 0.2) is 91.0 Å². The average molecular weight is 570 g/mol. The predicted octanol–water partition coefficient (Wildman–Crippen LogP) is 7.10. The summed E-state index contributed by atoms with van der Waals surface area (Å²) in [5, 5.41) is 0. The van der Waals surface area contributed by atoms with Gasteiger partial charge in [-0.2, -0.15) is 4.98 Å². The lowest BCUT2D eigenvalue weighted by atomic mass is 10.0. The largest absolute Gasteiger partial charge is 0.473 e. The van der Waals surface area contributed by atoms with Crippen LogP contribution in [0, 0.1) is 5.82 Å². The lowest BCUT2D eigenvalue weighted by Crippen LogP contribution is -2.50. The highest BCUT2D eigenvalue weighted by Gasteiger charge is 2.26. The fraction of sp³-hybridized carbons (Fsp3) is 0.294. The Morgan fingerprint density at radius 2 is 1.40 bits per heavy atom. The molecule has 1 saturated heterocycles. The van der Waals surface area contributed by atoms with Crippen LogP contribution in [0.3, 0.4) is 0 Å². The van der Waals surface area contributed by atoms with Crippen molar-refractivity contribution >= 4 is 11.8 Å². The monoisotopic (exact) mass is 569 g/mol. The third-order valence-electron chi connectivity index (χ3n) is 6.82. The summed E-state index contributed by atoms with van der Waals surface area (Å²) < 4.78 is 33.0. The van der Waals surface area contributed by atoms with E-state index in [0.717, 1.165) is 16.8 Å². The number of piperazine rings is 1. The minimum Gasteiger partial charge on any atom is -0.473 e. The number of pyridine rings is 1. The second kappa shape index (κ2) is 12.9. The number of nitrogens with zero attached hydrogens (tertiary/aromatic N) is 3. The van der Waals surface area contributed by atoms with E-state index in [-0.39, 0.29) is 24.4 Å². The number of carbonyl (C=O) groups excluding carboxylic acids is 1. The van der Waals surface area contributed by atoms with E-state index in [2.05, 4.69) is 9.88 Å². The predicted molar refractivity (Wildman–Crippen MR) is 161 cm³/mol. The maximum atomic E-state index is 15.4. The van der Waals surface area contributed by atoms with E-state index in [1.807, 2.05) is 87.5 Å². The van der Waals surface area contributed by atoms with Crippen molar-refractivity contribution in [2.45, 2.75) is 39.6 Å². The zero-order chi connectivity index (χ0) is 29.5. The number of hydrogen-bond acceptors (Lipinski definition) is 6. The first-order valence-electron chi connectivity index (χ1n) is 14.1. The summed E-state index contributed by atoms with van der Waals surface area (Å²) in [5.74, 6) is 0.297. The van der Waals surface area contributed by atoms with E-state index in [1.54, 1.807) is 23.1 Å². The van der Waals surface area contributed by atoms with Crippen LogP contribution in [0.25, 0.3) is 11.1 Å². The molecule has 0 aliphatic carbocycles. The molecule has 5 rings (SSSR count). The van der Waals surface area contributed by atoms with Gasteiger partial charge in [0.2, 0.25) is 11.8 Å². The lowest BCUT2D eigenvalue weighted by molar-refractivity contribution is 0.0240. The SMILES string of the molecule is CC(C)(C)OC(=O)N1CCN(c2ccc(F)c(-c3ccc(OCc4ccccc4)nc3OCc3ccccc3)c2)CC1. The summed E-state index contributed by atoms with van der Waals surface area (Å²) in [6.45, 7) is 8.44. The van der Waals surface area contributed by atoms with Gasteiger partial charge < -0.3 is 24.0 Å². The summed E-state index contributed by atoms with van der Waals surface area (Å²) in [6, 6.07) is 28.2. The van der Waals surface area contributed by atoms with Gasteiger partial charge in [-0.05, 0) is 56.2 Å². The van der Waals surface area contributed by atoms with Gasteiger partial charge >= 0.3 is 6.09 Å². The highest BCUT2D eigenvalue weighted by molar-refractivity contribution is 5.74. The number of anilines is 1. The van der Waals surface area contributed by atoms with E-state index < -0.39 is 5.60 Å². The standard InChI is InChI=1S/C34H36FN3O4/c1-34(2,3)42-33(39)38-20-18-37(19-21-38)27-14-16-30(35)29(22-27)28-15-17-31(40-23-25-10-6-4-7-11-25)36-32(28)41-24-26-12-8-5-9-13-26/h4-17,22H,18-21,23-24H2,1-3H3. The fourth-order valence-corrected chi connectivity index (χ4v) is 4.67. The molecule has 1 aliphatic rings. The van der Waals surface area contributed by atoms with Gasteiger partial charge in [0.15, 0.2) is 0 Å². The minimum absolute atomic E-state index is 0.275. The van der Waals surface area contributed by atoms with Gasteiger partial charge in [0.1, 0.15) is 24.6 Å². The molecule has 0 unspecified atom stereocenters. The van der Waals surface area contributed by atoms with E-state index in [9.17, 15) is 4.79 Å². The van der Waals surface area contributed by atoms with Gasteiger partial charge in [-0.3, -0.25) is 0 Å². The molecule has 0 atom stereocenters. The summed E-state index contributed by atoms with van der Waals surface area (Å²) in [4.78, 5) is 21.0. The molecule has 1 amide bonds. The van der Waals surface area contributed by atoms with Crippen molar-refractivity contribution < 1.29 is 23.4 Å². The average Bonchev–Trinajstić information content (AvgIpc) is 3.00. The Kier molecular flexibility index (Phi) is 8.91. The van der Waals surface area contributed by atoms with E-state index in [1.165, 1.54) is 6.07 Å². The van der Waals surface area contributed by atoms with Gasteiger partial charge in [-0.15, -0.1) is 0 Å². The Morgan fingerprint density at radius 1 is 0.786 bits per heavy atom. The minimum atomic E-state index is -0.545. The molecule has 0 saturated carbocycles. The van der Waals surface area contributed by atoms with Crippen LogP contribution in [0.1, 0.15) is 31.9 Å². The van der Waals surface area contributed by atoms with Crippen molar-refractivity contribution in [3.8, 4) is 22.9 Å². The Balaban J connectivity index is 1.37. The van der Waals surface area contributed by atoms with Crippen LogP contribution in [-0.4, -0.2) is 47.8 Å². The van der Waals surface area contributed by atoms with Crippen LogP contribution < -0.4 is 14.4 Å². The molecule has 7 nitrogen and oxygen atoms in total. The van der Waals surface area contributed by atoms with Gasteiger partial charge in [0, 0.05) is 49.1 Å². The molecule has 0 bridgehead atoms. The molecule has 0 spiro atoms. The quantitative estimate of drug-likeness (QED) is 0.226. The highest BCUT2D eigenvalue weighted by Crippen LogP contribution is 2.35. The summed E-state index contributed by atoms with van der Waals surface area (Å²) in [6.07, 6.45) is -0.317. The molecular weight excluding hydrogens is 533 g/mol. The number of ether oxygens (including phenoxy) is 3. The maximum absolute atomic E-state index is 15.4. The highest BCUT2D eigenvalue weighted by atomic mass is 19.1. The van der Waals surface area contributed by atoms with Gasteiger partial charge in [0.05, 0.1) is 0 Å². The van der Waals surface area contributed by atoms with Crippen LogP contribution in [0.5, 0.6) is 11.8 Å². The molecule has 218 valence electrons. The number of halogens is 1. The van der Waals surface area contributed by atoms with Gasteiger partial charge in [-0.25, -0.2) is 9.18 Å². The number of amides is 1. The summed E-state index contributed by atoms with van der Waals surface area (Å²) in [7, 11) is 0. The van der Waals surface area contributed by atoms with Crippen LogP contribution in [-0.2, 0) is 18.0 Å². The van der Waals surface area contributed by atoms with Crippen molar-refractivity contribution in [3.05, 3.63) is 108 Å². The molecule has 2 heterocycles. The molecule has 8 heteroatoms. The molecule has 4 aromatic rings. The fourth-order valence-electron chi connectivity index (χ4n) is 4.67. The molecule has 1 aromatic heterocycles. The van der Waals surface area contributed by atoms with Crippen LogP contribution >= 0.6 is 0 Å². The summed E-state index contributed by atoms with van der Waals surface area (Å²) >= 11 is 0. The number of hydrogen-bond donors (Lipinski definition) is 0. The lowest BCUT2D eigenvalue weighted by Gasteiger charge is -2.37. The Labute approximate surface area is 246 Å². The first-order valence-corrected chi connectivity index (χ1v) is 14.1. The second-order valence-corrected chi connectivity index (χ2v) is 11.2. The molecule has 42 heavy (non-hydrogen) atoms. The van der Waals surface area contributed by atoms with Crippen molar-refractivity contribution in [2.75, 3.05) is 31.1 Å². The van der Waals surface area contributed by atoms with E-state index in [4.69, 9.17) is 14.2 Å². The normalized spacial score (nSPS) is 13.5. The molecule has 0 radical (unpaired) electrons. The second-order valence-electron chi connectivity index (χ2n) is 11.2. The van der Waals surface area contributed by atoms with Gasteiger partial charge in [0.25, 0.3) is 0 Å². The maximum Gasteiger partial charge on any atom is 0.410 e. The molecule has 1 aliphatic heterocycles. The number of rotatable bonds is 8. The first-order chi connectivity index (χ1) is 20.2. The third-order valence-corrected chi connectivity index (χ3v) is 6.82. The molecular formula is C34H36FN3O4. The first kappa shape index (κ1) is 28.9. The molecule has 0 N–H and O–H groups in total. The molecule has 3 aromatic carbocycles. The Morgan fingerprint density at radius 3 is 2.02 bits per heavy atom. The third kappa shape index (κ3) is 7.57. The summed E-state index contributed by atoms with van der Waals surface area (Å²) in [5.41, 5.74) is 3.21. The van der Waals surface area contributed by atoms with Crippen molar-refractivity contribution in [3.63, 3.8) is 0 Å². The Hall–Kier alpha value is -4.59. The van der Waals surface area contributed by atoms with E-state index in [0.29, 0.717) is 49.8 Å². The zero-order valence-electron chi connectivity index (χ0n) is 24.3. The van der Waals surface area contributed by atoms with Crippen molar-refractivity contribution in [2.24, 2.45) is 0 Å². The topological polar surface area (TPSA) is 64.1 Å². The number of aromatic nitrogens is 1. The van der Waals surface area contributed by atoms with Crippen LogP contribution in [0.2, 0.25) is 0 Å². The zero-order valence-corrected chi connectivity index (χ0v) is 24.3. The van der Waals surface area contributed by atoms with Gasteiger partial charge in [-0.1, -0.05) is 60.7 Å². The van der Waals surface area contributed by atoms with Crippen LogP contribution in [0.4, 0.5) is 14.9 Å². The molecule has 1 fully saturated rings. The smallest absolute Gasteiger partial charge is 0.410 e. The Bertz CT molecular complexity index is 1480. The van der Waals surface area contributed by atoms with E-state index >= 15 is 4.39 Å².